The van der Waals surface area contributed by atoms with E-state index in [4.69, 9.17) is 4.74 Å². The molecule has 19 heavy (non-hydrogen) atoms. The second-order valence-corrected chi connectivity index (χ2v) is 11.1. The highest BCUT2D eigenvalue weighted by atomic mass is 79.9. The minimum Gasteiger partial charge on any atom is -0.455 e. The van der Waals surface area contributed by atoms with E-state index in [1.54, 1.807) is 0 Å². The van der Waals surface area contributed by atoms with E-state index in [1.807, 2.05) is 0 Å². The number of hydrogen-bond donors (Lipinski definition) is 0. The van der Waals surface area contributed by atoms with Crippen LogP contribution in [0.4, 0.5) is 0 Å². The van der Waals surface area contributed by atoms with E-state index >= 15 is 0 Å². The minimum atomic E-state index is -3.53. The van der Waals surface area contributed by atoms with Crippen molar-refractivity contribution >= 4 is 59.5 Å². The number of amides is 2. The normalized spacial score (nSPS) is 33.1. The molecule has 2 aliphatic rings. The number of halogens is 2. The Balaban J connectivity index is 2.48. The van der Waals surface area contributed by atoms with Crippen molar-refractivity contribution < 1.29 is 22.7 Å². The van der Waals surface area contributed by atoms with Crippen LogP contribution in [-0.4, -0.2) is 51.6 Å². The van der Waals surface area contributed by atoms with Gasteiger partial charge in [0.15, 0.2) is 15.9 Å². The SMILES string of the molecule is CC(=O)N=C1OC2C(CS(=O)(=O)C2(Br)Br)N1C(C)=O. The van der Waals surface area contributed by atoms with E-state index in [0.717, 1.165) is 4.90 Å². The molecule has 2 heterocycles. The van der Waals surface area contributed by atoms with Crippen molar-refractivity contribution in [2.75, 3.05) is 5.75 Å². The first-order valence-electron chi connectivity index (χ1n) is 5.24. The van der Waals surface area contributed by atoms with Gasteiger partial charge in [0.2, 0.25) is 14.4 Å². The van der Waals surface area contributed by atoms with Gasteiger partial charge in [-0.2, -0.15) is 4.99 Å². The van der Waals surface area contributed by atoms with Crippen LogP contribution >= 0.6 is 31.9 Å². The number of sulfone groups is 1. The Kier molecular flexibility index (Phi) is 3.55. The molecule has 2 rings (SSSR count). The van der Waals surface area contributed by atoms with Crippen LogP contribution in [0.3, 0.4) is 0 Å². The summed E-state index contributed by atoms with van der Waals surface area (Å²) < 4.78 is 27.8. The fourth-order valence-corrected chi connectivity index (χ4v) is 5.22. The summed E-state index contributed by atoms with van der Waals surface area (Å²) in [4.78, 5) is 27.4. The van der Waals surface area contributed by atoms with Crippen LogP contribution in [0.2, 0.25) is 0 Å². The summed E-state index contributed by atoms with van der Waals surface area (Å²) in [6, 6.07) is -0.868. The summed E-state index contributed by atoms with van der Waals surface area (Å²) in [6.45, 7) is 2.48. The Bertz CT molecular complexity index is 585. The van der Waals surface area contributed by atoms with Gasteiger partial charge in [0.05, 0.1) is 11.8 Å². The quantitative estimate of drug-likeness (QED) is 0.531. The molecule has 2 amide bonds. The number of ether oxygens (including phenoxy) is 1. The summed E-state index contributed by atoms with van der Waals surface area (Å²) in [5.41, 5.74) is 0. The van der Waals surface area contributed by atoms with Crippen LogP contribution in [0.5, 0.6) is 0 Å². The Morgan fingerprint density at radius 3 is 2.47 bits per heavy atom. The molecule has 2 aliphatic heterocycles. The standard InChI is InChI=1S/C9H10Br2N2O5S/c1-4(14)12-8-13(5(2)15)6-3-19(16,17)9(10,11)7(6)18-8/h6-7H,3H2,1-2H3. The van der Waals surface area contributed by atoms with Crippen LogP contribution in [0.25, 0.3) is 0 Å². The summed E-state index contributed by atoms with van der Waals surface area (Å²) in [7, 11) is -3.53. The second kappa shape index (κ2) is 4.52. The highest BCUT2D eigenvalue weighted by Crippen LogP contribution is 2.49. The molecule has 7 nitrogen and oxygen atoms in total. The molecule has 0 aromatic heterocycles. The van der Waals surface area contributed by atoms with Gasteiger partial charge in [0, 0.05) is 13.8 Å². The van der Waals surface area contributed by atoms with Crippen molar-refractivity contribution in [2.24, 2.45) is 4.99 Å². The van der Waals surface area contributed by atoms with E-state index in [1.165, 1.54) is 13.8 Å². The van der Waals surface area contributed by atoms with Crippen molar-refractivity contribution in [3.05, 3.63) is 0 Å². The Morgan fingerprint density at radius 1 is 1.42 bits per heavy atom. The average Bonchev–Trinajstić information content (AvgIpc) is 2.61. The molecule has 2 saturated heterocycles. The number of aliphatic imine (C=N–C) groups is 1. The number of hydrogen-bond acceptors (Lipinski definition) is 5. The zero-order valence-corrected chi connectivity index (χ0v) is 14.0. The average molecular weight is 418 g/mol. The lowest BCUT2D eigenvalue weighted by molar-refractivity contribution is -0.125. The number of amidine groups is 1. The molecule has 0 N–H and O–H groups in total. The van der Waals surface area contributed by atoms with Crippen molar-refractivity contribution in [3.63, 3.8) is 0 Å². The third-order valence-electron chi connectivity index (χ3n) is 2.85. The highest BCUT2D eigenvalue weighted by molar-refractivity contribution is 9.28. The largest absolute Gasteiger partial charge is 0.455 e. The number of carbonyl (C=O) groups is 2. The Labute approximate surface area is 126 Å². The molecule has 0 bridgehead atoms. The molecule has 10 heteroatoms. The summed E-state index contributed by atoms with van der Waals surface area (Å²) in [6.07, 6.45) is -0.862. The van der Waals surface area contributed by atoms with Crippen LogP contribution in [0.15, 0.2) is 4.99 Å². The number of nitrogens with zero attached hydrogens (tertiary/aromatic N) is 2. The van der Waals surface area contributed by atoms with Gasteiger partial charge in [-0.1, -0.05) is 31.9 Å². The number of fused-ring (bicyclic) bond motifs is 1. The van der Waals surface area contributed by atoms with E-state index in [-0.39, 0.29) is 11.8 Å². The Hall–Kier alpha value is -0.480. The molecule has 2 fully saturated rings. The molecule has 0 aliphatic carbocycles. The van der Waals surface area contributed by atoms with Crippen molar-refractivity contribution in [3.8, 4) is 0 Å². The van der Waals surface area contributed by atoms with E-state index in [2.05, 4.69) is 36.9 Å². The second-order valence-electron chi connectivity index (χ2n) is 4.25. The van der Waals surface area contributed by atoms with Crippen molar-refractivity contribution in [1.82, 2.24) is 4.90 Å². The molecular weight excluding hydrogens is 408 g/mol. The van der Waals surface area contributed by atoms with Gasteiger partial charge in [-0.05, 0) is 0 Å². The molecule has 0 saturated carbocycles. The minimum absolute atomic E-state index is 0.159. The molecule has 0 aromatic carbocycles. The molecule has 2 unspecified atom stereocenters. The zero-order chi connectivity index (χ0) is 14.6. The summed E-state index contributed by atoms with van der Waals surface area (Å²) in [5, 5.41) is 0. The third kappa shape index (κ3) is 2.23. The molecule has 0 spiro atoms. The van der Waals surface area contributed by atoms with E-state index in [9.17, 15) is 18.0 Å². The first kappa shape index (κ1) is 14.9. The lowest BCUT2D eigenvalue weighted by Gasteiger charge is -2.18. The lowest BCUT2D eigenvalue weighted by atomic mass is 10.2. The van der Waals surface area contributed by atoms with Gasteiger partial charge < -0.3 is 4.74 Å². The van der Waals surface area contributed by atoms with Gasteiger partial charge in [-0.3, -0.25) is 14.5 Å². The maximum Gasteiger partial charge on any atom is 0.302 e. The zero-order valence-electron chi connectivity index (χ0n) is 9.96. The van der Waals surface area contributed by atoms with Gasteiger partial charge in [0.1, 0.15) is 0 Å². The summed E-state index contributed by atoms with van der Waals surface area (Å²) in [5.74, 6) is -1.23. The maximum absolute atomic E-state index is 12.0. The van der Waals surface area contributed by atoms with Gasteiger partial charge in [0.25, 0.3) is 0 Å². The molecule has 106 valence electrons. The molecular formula is C9H10Br2N2O5S. The fourth-order valence-electron chi connectivity index (χ4n) is 2.08. The maximum atomic E-state index is 12.0. The molecule has 0 radical (unpaired) electrons. The van der Waals surface area contributed by atoms with Gasteiger partial charge in [-0.15, -0.1) is 0 Å². The van der Waals surface area contributed by atoms with Crippen LogP contribution in [0.1, 0.15) is 13.8 Å². The van der Waals surface area contributed by atoms with E-state index in [0.29, 0.717) is 0 Å². The summed E-state index contributed by atoms with van der Waals surface area (Å²) >= 11 is 6.13. The predicted octanol–water partition coefficient (Wildman–Crippen LogP) is 0.377. The first-order chi connectivity index (χ1) is 8.58. The van der Waals surface area contributed by atoms with Gasteiger partial charge >= 0.3 is 6.02 Å². The topological polar surface area (TPSA) is 93.1 Å². The number of carbonyl (C=O) groups excluding carboxylic acids is 2. The fraction of sp³-hybridized carbons (Fsp3) is 0.667. The van der Waals surface area contributed by atoms with Crippen LogP contribution in [0, 0.1) is 0 Å². The predicted molar refractivity (Wildman–Crippen MR) is 73.7 cm³/mol. The lowest BCUT2D eigenvalue weighted by Crippen LogP contribution is -2.41. The molecule has 0 aromatic rings. The number of alkyl halides is 2. The van der Waals surface area contributed by atoms with Crippen molar-refractivity contribution in [1.29, 1.82) is 0 Å². The number of rotatable bonds is 0. The highest BCUT2D eigenvalue weighted by Gasteiger charge is 2.65. The van der Waals surface area contributed by atoms with Crippen LogP contribution < -0.4 is 0 Å². The van der Waals surface area contributed by atoms with Gasteiger partial charge in [-0.25, -0.2) is 8.42 Å². The third-order valence-corrected chi connectivity index (χ3v) is 8.55. The van der Waals surface area contributed by atoms with Crippen LogP contribution in [-0.2, 0) is 24.2 Å². The van der Waals surface area contributed by atoms with E-state index < -0.39 is 36.4 Å². The molecule has 2 atom stereocenters. The first-order valence-corrected chi connectivity index (χ1v) is 8.47. The Morgan fingerprint density at radius 2 is 2.00 bits per heavy atom. The smallest absolute Gasteiger partial charge is 0.302 e. The monoisotopic (exact) mass is 416 g/mol. The van der Waals surface area contributed by atoms with Crippen molar-refractivity contribution in [2.45, 2.75) is 28.6 Å².